The fourth-order valence-electron chi connectivity index (χ4n) is 6.13. The van der Waals surface area contributed by atoms with E-state index in [9.17, 15) is 19.4 Å². The van der Waals surface area contributed by atoms with Crippen LogP contribution in [0.5, 0.6) is 0 Å². The van der Waals surface area contributed by atoms with Gasteiger partial charge in [0.15, 0.2) is 0 Å². The molecule has 1 unspecified atom stereocenters. The number of hydrogen-bond donors (Lipinski definition) is 4. The van der Waals surface area contributed by atoms with Gasteiger partial charge in [-0.1, -0.05) is 199 Å². The van der Waals surface area contributed by atoms with Gasteiger partial charge in [-0.2, -0.15) is 0 Å². The summed E-state index contributed by atoms with van der Waals surface area (Å²) in [5.41, 5.74) is 5.35. The number of carbonyl (C=O) groups excluding carboxylic acids is 1. The molecule has 0 saturated carbocycles. The predicted molar refractivity (Wildman–Crippen MR) is 212 cm³/mol. The third-order valence-corrected chi connectivity index (χ3v) is 10.3. The number of carbonyl (C=O) groups is 1. The highest BCUT2D eigenvalue weighted by Crippen LogP contribution is 2.43. The summed E-state index contributed by atoms with van der Waals surface area (Å²) < 4.78 is 22.0. The van der Waals surface area contributed by atoms with E-state index in [1.165, 1.54) is 148 Å². The average molecular weight is 729 g/mol. The van der Waals surface area contributed by atoms with Gasteiger partial charge in [-0.05, 0) is 19.3 Å². The number of phosphoric acid groups is 1. The first-order chi connectivity index (χ1) is 24.4. The van der Waals surface area contributed by atoms with Crippen LogP contribution in [0.15, 0.2) is 24.3 Å². The Bertz CT molecular complexity index is 840. The van der Waals surface area contributed by atoms with Crippen LogP contribution < -0.4 is 11.1 Å². The first-order valence-corrected chi connectivity index (χ1v) is 22.5. The molecule has 0 aliphatic rings. The van der Waals surface area contributed by atoms with Crippen LogP contribution in [0.4, 0.5) is 0 Å². The van der Waals surface area contributed by atoms with Crippen LogP contribution >= 0.6 is 7.82 Å². The summed E-state index contributed by atoms with van der Waals surface area (Å²) in [6.45, 7) is 4.06. The molecule has 0 radical (unpaired) electrons. The smallest absolute Gasteiger partial charge is 0.387 e. The Balaban J connectivity index is 4.05. The van der Waals surface area contributed by atoms with Crippen LogP contribution in [0.3, 0.4) is 0 Å². The number of nitrogens with two attached hydrogens (primary N) is 1. The zero-order valence-electron chi connectivity index (χ0n) is 32.6. The predicted octanol–water partition coefficient (Wildman–Crippen LogP) is 11.4. The van der Waals surface area contributed by atoms with Gasteiger partial charge in [0.05, 0.1) is 25.4 Å². The Morgan fingerprint density at radius 3 is 1.52 bits per heavy atom. The quantitative estimate of drug-likeness (QED) is 0.0281. The molecule has 296 valence electrons. The lowest BCUT2D eigenvalue weighted by molar-refractivity contribution is -0.123. The highest BCUT2D eigenvalue weighted by Gasteiger charge is 2.26. The van der Waals surface area contributed by atoms with Gasteiger partial charge in [-0.15, -0.1) is 0 Å². The van der Waals surface area contributed by atoms with Crippen LogP contribution in [0.2, 0.25) is 0 Å². The van der Waals surface area contributed by atoms with Gasteiger partial charge in [0.2, 0.25) is 5.91 Å². The molecule has 8 nitrogen and oxygen atoms in total. The lowest BCUT2D eigenvalue weighted by Gasteiger charge is -2.23. The van der Waals surface area contributed by atoms with E-state index in [0.717, 1.165) is 32.1 Å². The fourth-order valence-corrected chi connectivity index (χ4v) is 6.89. The third-order valence-electron chi connectivity index (χ3n) is 9.34. The monoisotopic (exact) mass is 729 g/mol. The second-order valence-corrected chi connectivity index (χ2v) is 15.7. The highest BCUT2D eigenvalue weighted by molar-refractivity contribution is 7.47. The van der Waals surface area contributed by atoms with Crippen molar-refractivity contribution in [2.75, 3.05) is 19.8 Å². The molecule has 0 saturated heterocycles. The lowest BCUT2D eigenvalue weighted by atomic mass is 10.0. The highest BCUT2D eigenvalue weighted by atomic mass is 31.2. The number of aliphatic hydroxyl groups excluding tert-OH is 1. The van der Waals surface area contributed by atoms with Gasteiger partial charge >= 0.3 is 7.82 Å². The van der Waals surface area contributed by atoms with Crippen molar-refractivity contribution >= 4 is 13.7 Å². The molecule has 0 bridgehead atoms. The topological polar surface area (TPSA) is 131 Å². The molecule has 0 aliphatic heterocycles. The Hall–Kier alpha value is -1.02. The lowest BCUT2D eigenvalue weighted by Crippen LogP contribution is -2.45. The fraction of sp³-hybridized carbons (Fsp3) is 0.878. The number of amides is 1. The number of rotatable bonds is 39. The van der Waals surface area contributed by atoms with E-state index < -0.39 is 20.0 Å². The van der Waals surface area contributed by atoms with Gasteiger partial charge < -0.3 is 21.1 Å². The number of nitrogens with one attached hydrogen (secondary N) is 1. The van der Waals surface area contributed by atoms with E-state index in [2.05, 4.69) is 25.2 Å². The van der Waals surface area contributed by atoms with Crippen LogP contribution in [0.25, 0.3) is 0 Å². The number of unbranched alkanes of at least 4 members (excludes halogenated alkanes) is 26. The van der Waals surface area contributed by atoms with E-state index in [1.54, 1.807) is 12.2 Å². The summed E-state index contributed by atoms with van der Waals surface area (Å²) in [4.78, 5) is 22.6. The SMILES string of the molecule is CCCCCCC/C=C/C=C/[C@@H](O)[C@H](COP(=O)(O)OCCN)NC(=O)CCCCCCCCCCCCCCCCCCCCCCCC. The second-order valence-electron chi connectivity index (χ2n) is 14.2. The Morgan fingerprint density at radius 2 is 1.08 bits per heavy atom. The molecule has 0 spiro atoms. The van der Waals surface area contributed by atoms with Gasteiger partial charge in [-0.25, -0.2) is 4.57 Å². The molecule has 5 N–H and O–H groups in total. The molecule has 3 atom stereocenters. The Morgan fingerprint density at radius 1 is 0.660 bits per heavy atom. The first kappa shape index (κ1) is 49.0. The molecule has 0 fully saturated rings. The Kier molecular flexibility index (Phi) is 37.0. The number of allylic oxidation sites excluding steroid dienone is 3. The van der Waals surface area contributed by atoms with Crippen molar-refractivity contribution in [1.29, 1.82) is 0 Å². The second kappa shape index (κ2) is 37.7. The van der Waals surface area contributed by atoms with Gasteiger partial charge in [0.25, 0.3) is 0 Å². The number of phosphoric ester groups is 1. The minimum Gasteiger partial charge on any atom is -0.387 e. The molecule has 0 rings (SSSR count). The van der Waals surface area contributed by atoms with E-state index in [-0.39, 0.29) is 25.7 Å². The maximum atomic E-state index is 12.7. The van der Waals surface area contributed by atoms with E-state index in [0.29, 0.717) is 6.42 Å². The normalized spacial score (nSPS) is 14.4. The van der Waals surface area contributed by atoms with Crippen molar-refractivity contribution < 1.29 is 28.4 Å². The van der Waals surface area contributed by atoms with E-state index in [4.69, 9.17) is 14.8 Å². The van der Waals surface area contributed by atoms with Crippen LogP contribution in [-0.2, 0) is 18.4 Å². The summed E-state index contributed by atoms with van der Waals surface area (Å²) in [5.74, 6) is -0.211. The van der Waals surface area contributed by atoms with Gasteiger partial charge in [-0.3, -0.25) is 13.8 Å². The van der Waals surface area contributed by atoms with E-state index >= 15 is 0 Å². The molecule has 0 aromatic rings. The average Bonchev–Trinajstić information content (AvgIpc) is 3.10. The summed E-state index contributed by atoms with van der Waals surface area (Å²) >= 11 is 0. The zero-order chi connectivity index (χ0) is 36.8. The van der Waals surface area contributed by atoms with Gasteiger partial charge in [0, 0.05) is 13.0 Å². The van der Waals surface area contributed by atoms with Crippen molar-refractivity contribution in [1.82, 2.24) is 5.32 Å². The van der Waals surface area contributed by atoms with Crippen LogP contribution in [0.1, 0.15) is 200 Å². The van der Waals surface area contributed by atoms with E-state index in [1.807, 2.05) is 6.08 Å². The molecule has 9 heteroatoms. The summed E-state index contributed by atoms with van der Waals surface area (Å²) in [6, 6.07) is -0.886. The first-order valence-electron chi connectivity index (χ1n) is 21.0. The van der Waals surface area contributed by atoms with Crippen LogP contribution in [0, 0.1) is 0 Å². The molecule has 0 aliphatic carbocycles. The van der Waals surface area contributed by atoms with Gasteiger partial charge in [0.1, 0.15) is 0 Å². The molecule has 0 aromatic heterocycles. The minimum atomic E-state index is -4.34. The van der Waals surface area contributed by atoms with Crippen molar-refractivity contribution in [3.63, 3.8) is 0 Å². The minimum absolute atomic E-state index is 0.0733. The van der Waals surface area contributed by atoms with Crippen molar-refractivity contribution in [2.24, 2.45) is 5.73 Å². The zero-order valence-corrected chi connectivity index (χ0v) is 33.5. The maximum absolute atomic E-state index is 12.7. The molecular weight excluding hydrogens is 647 g/mol. The summed E-state index contributed by atoms with van der Waals surface area (Å²) in [5, 5.41) is 13.5. The number of hydrogen-bond acceptors (Lipinski definition) is 6. The summed E-state index contributed by atoms with van der Waals surface area (Å²) in [6.07, 6.45) is 42.6. The Labute approximate surface area is 308 Å². The van der Waals surface area contributed by atoms with Crippen molar-refractivity contribution in [3.8, 4) is 0 Å². The maximum Gasteiger partial charge on any atom is 0.472 e. The molecule has 50 heavy (non-hydrogen) atoms. The molecule has 1 amide bonds. The van der Waals surface area contributed by atoms with Crippen molar-refractivity contribution in [3.05, 3.63) is 24.3 Å². The molecule has 0 heterocycles. The third kappa shape index (κ3) is 35.4. The molecule has 0 aromatic carbocycles. The largest absolute Gasteiger partial charge is 0.472 e. The van der Waals surface area contributed by atoms with Crippen LogP contribution in [-0.4, -0.2) is 47.8 Å². The molecular formula is C41H81N2O6P. The summed E-state index contributed by atoms with van der Waals surface area (Å²) in [7, 11) is -4.34. The van der Waals surface area contributed by atoms with Crippen molar-refractivity contribution in [2.45, 2.75) is 212 Å². The number of aliphatic hydroxyl groups is 1. The standard InChI is InChI=1S/C41H81N2O6P/c1-3-5-7-9-11-13-14-15-16-17-18-19-20-21-22-23-24-25-27-29-31-33-35-41(45)43-39(38-49-50(46,47)48-37-36-42)40(44)34-32-30-28-26-12-10-8-6-4-2/h28,30,32,34,39-40,44H,3-27,29,31,33,35-38,42H2,1-2H3,(H,43,45)(H,46,47)/b30-28+,34-32+/t39-,40+/m0/s1.